The van der Waals surface area contributed by atoms with Gasteiger partial charge in [0.05, 0.1) is 13.2 Å². The summed E-state index contributed by atoms with van der Waals surface area (Å²) >= 11 is 1.69. The van der Waals surface area contributed by atoms with Crippen LogP contribution in [0.25, 0.3) is 0 Å². The third kappa shape index (κ3) is 3.46. The molecule has 0 N–H and O–H groups in total. The van der Waals surface area contributed by atoms with Crippen molar-refractivity contribution in [3.05, 3.63) is 57.3 Å². The van der Waals surface area contributed by atoms with E-state index in [1.165, 1.54) is 10.4 Å². The van der Waals surface area contributed by atoms with Gasteiger partial charge in [-0.2, -0.15) is 0 Å². The smallest absolute Gasteiger partial charge is 0.253 e. The average Bonchev–Trinajstić information content (AvgIpc) is 2.85. The summed E-state index contributed by atoms with van der Waals surface area (Å²) in [4.78, 5) is 15.3. The van der Waals surface area contributed by atoms with E-state index in [1.54, 1.807) is 23.3 Å². The Morgan fingerprint density at radius 2 is 1.95 bits per heavy atom. The minimum Gasteiger partial charge on any atom is -0.380 e. The number of carbonyl (C=O) groups is 1. The van der Waals surface area contributed by atoms with Crippen molar-refractivity contribution in [3.8, 4) is 0 Å². The van der Waals surface area contributed by atoms with Gasteiger partial charge in [0, 0.05) is 24.6 Å². The van der Waals surface area contributed by atoms with Crippen LogP contribution in [0, 0.1) is 6.92 Å². The van der Waals surface area contributed by atoms with Crippen molar-refractivity contribution in [1.29, 1.82) is 0 Å². The number of amides is 1. The number of hydrogen-bond donors (Lipinski definition) is 0. The van der Waals surface area contributed by atoms with Crippen molar-refractivity contribution in [1.82, 2.24) is 4.90 Å². The molecule has 0 fully saturated rings. The van der Waals surface area contributed by atoms with Crippen LogP contribution in [0.1, 0.15) is 26.4 Å². The summed E-state index contributed by atoms with van der Waals surface area (Å²) in [6.45, 7) is 3.30. The molecule has 2 aromatic rings. The molecule has 0 unspecified atom stereocenters. The first-order chi connectivity index (χ1) is 9.61. The molecule has 20 heavy (non-hydrogen) atoms. The van der Waals surface area contributed by atoms with Crippen molar-refractivity contribution in [2.24, 2.45) is 0 Å². The van der Waals surface area contributed by atoms with E-state index < -0.39 is 0 Å². The Balaban J connectivity index is 2.04. The Bertz CT molecular complexity index is 574. The second-order valence-electron chi connectivity index (χ2n) is 4.82. The molecule has 1 aromatic heterocycles. The summed E-state index contributed by atoms with van der Waals surface area (Å²) in [5.41, 5.74) is 3.02. The predicted molar refractivity (Wildman–Crippen MR) is 82.0 cm³/mol. The third-order valence-corrected chi connectivity index (χ3v) is 4.22. The van der Waals surface area contributed by atoms with Gasteiger partial charge < -0.3 is 9.64 Å². The Hall–Kier alpha value is -1.65. The SMILES string of the molecule is COCc1ccc(C(=O)N(C)Cc2sccc2C)cc1. The van der Waals surface area contributed by atoms with Gasteiger partial charge in [-0.3, -0.25) is 4.79 Å². The molecule has 0 radical (unpaired) electrons. The van der Waals surface area contributed by atoms with E-state index in [2.05, 4.69) is 18.4 Å². The average molecular weight is 289 g/mol. The quantitative estimate of drug-likeness (QED) is 0.843. The van der Waals surface area contributed by atoms with Crippen LogP contribution in [0.2, 0.25) is 0 Å². The van der Waals surface area contributed by atoms with Gasteiger partial charge >= 0.3 is 0 Å². The van der Waals surface area contributed by atoms with Crippen LogP contribution in [0.3, 0.4) is 0 Å². The monoisotopic (exact) mass is 289 g/mol. The molecule has 3 nitrogen and oxygen atoms in total. The topological polar surface area (TPSA) is 29.5 Å². The maximum atomic E-state index is 12.4. The van der Waals surface area contributed by atoms with E-state index in [0.717, 1.165) is 5.56 Å². The van der Waals surface area contributed by atoms with Gasteiger partial charge in [0.25, 0.3) is 5.91 Å². The number of benzene rings is 1. The molecular formula is C16H19NO2S. The molecule has 0 aliphatic carbocycles. The van der Waals surface area contributed by atoms with Crippen LogP contribution in [0.5, 0.6) is 0 Å². The summed E-state index contributed by atoms with van der Waals surface area (Å²) in [6, 6.07) is 9.66. The zero-order valence-corrected chi connectivity index (χ0v) is 12.9. The standard InChI is InChI=1S/C16H19NO2S/c1-12-8-9-20-15(12)10-17(2)16(18)14-6-4-13(5-7-14)11-19-3/h4-9H,10-11H2,1-3H3. The molecule has 0 bridgehead atoms. The number of rotatable bonds is 5. The molecule has 2 rings (SSSR count). The molecular weight excluding hydrogens is 270 g/mol. The number of hydrogen-bond acceptors (Lipinski definition) is 3. The van der Waals surface area contributed by atoms with E-state index >= 15 is 0 Å². The number of thiophene rings is 1. The van der Waals surface area contributed by atoms with Crippen LogP contribution in [-0.4, -0.2) is 25.0 Å². The lowest BCUT2D eigenvalue weighted by Gasteiger charge is -2.17. The van der Waals surface area contributed by atoms with Crippen LogP contribution in [-0.2, 0) is 17.9 Å². The van der Waals surface area contributed by atoms with E-state index in [4.69, 9.17) is 4.74 Å². The first-order valence-corrected chi connectivity index (χ1v) is 7.36. The lowest BCUT2D eigenvalue weighted by molar-refractivity contribution is 0.0786. The van der Waals surface area contributed by atoms with Crippen molar-refractivity contribution < 1.29 is 9.53 Å². The Morgan fingerprint density at radius 3 is 2.50 bits per heavy atom. The zero-order chi connectivity index (χ0) is 14.5. The van der Waals surface area contributed by atoms with Gasteiger partial charge in [0.15, 0.2) is 0 Å². The molecule has 0 spiro atoms. The first kappa shape index (κ1) is 14.8. The Labute approximate surface area is 123 Å². The lowest BCUT2D eigenvalue weighted by atomic mass is 10.1. The Morgan fingerprint density at radius 1 is 1.25 bits per heavy atom. The molecule has 0 saturated heterocycles. The number of ether oxygens (including phenoxy) is 1. The van der Waals surface area contributed by atoms with Gasteiger partial charge in [-0.15, -0.1) is 11.3 Å². The van der Waals surface area contributed by atoms with Crippen molar-refractivity contribution in [2.75, 3.05) is 14.2 Å². The van der Waals surface area contributed by atoms with Gasteiger partial charge in [-0.25, -0.2) is 0 Å². The summed E-state index contributed by atoms with van der Waals surface area (Å²) in [6.07, 6.45) is 0. The highest BCUT2D eigenvalue weighted by atomic mass is 32.1. The normalized spacial score (nSPS) is 10.6. The second-order valence-corrected chi connectivity index (χ2v) is 5.82. The maximum Gasteiger partial charge on any atom is 0.253 e. The number of carbonyl (C=O) groups excluding carboxylic acids is 1. The molecule has 0 aliphatic rings. The number of nitrogens with zero attached hydrogens (tertiary/aromatic N) is 1. The van der Waals surface area contributed by atoms with Gasteiger partial charge in [0.1, 0.15) is 0 Å². The molecule has 1 heterocycles. The van der Waals surface area contributed by atoms with Crippen LogP contribution in [0.15, 0.2) is 35.7 Å². The predicted octanol–water partition coefficient (Wildman–Crippen LogP) is 3.48. The first-order valence-electron chi connectivity index (χ1n) is 6.48. The summed E-state index contributed by atoms with van der Waals surface area (Å²) in [5, 5.41) is 2.06. The third-order valence-electron chi connectivity index (χ3n) is 3.21. The van der Waals surface area contributed by atoms with Crippen molar-refractivity contribution in [3.63, 3.8) is 0 Å². The molecule has 1 amide bonds. The van der Waals surface area contributed by atoms with Crippen LogP contribution >= 0.6 is 11.3 Å². The van der Waals surface area contributed by atoms with Crippen molar-refractivity contribution in [2.45, 2.75) is 20.1 Å². The summed E-state index contributed by atoms with van der Waals surface area (Å²) in [7, 11) is 3.50. The minimum atomic E-state index is 0.0433. The number of methoxy groups -OCH3 is 1. The largest absolute Gasteiger partial charge is 0.380 e. The van der Waals surface area contributed by atoms with E-state index in [9.17, 15) is 4.79 Å². The Kier molecular flexibility index (Phi) is 4.93. The van der Waals surface area contributed by atoms with E-state index in [0.29, 0.717) is 18.7 Å². The van der Waals surface area contributed by atoms with Crippen LogP contribution in [0.4, 0.5) is 0 Å². The highest BCUT2D eigenvalue weighted by molar-refractivity contribution is 7.10. The van der Waals surface area contributed by atoms with Gasteiger partial charge in [-0.05, 0) is 41.6 Å². The highest BCUT2D eigenvalue weighted by Crippen LogP contribution is 2.18. The molecule has 0 atom stereocenters. The van der Waals surface area contributed by atoms with Gasteiger partial charge in [0.2, 0.25) is 0 Å². The summed E-state index contributed by atoms with van der Waals surface area (Å²) < 4.78 is 5.07. The molecule has 4 heteroatoms. The molecule has 0 aliphatic heterocycles. The van der Waals surface area contributed by atoms with E-state index in [-0.39, 0.29) is 5.91 Å². The fourth-order valence-electron chi connectivity index (χ4n) is 1.98. The minimum absolute atomic E-state index is 0.0433. The van der Waals surface area contributed by atoms with Crippen molar-refractivity contribution >= 4 is 17.2 Å². The fraction of sp³-hybridized carbons (Fsp3) is 0.312. The second kappa shape index (κ2) is 6.68. The van der Waals surface area contributed by atoms with Gasteiger partial charge in [-0.1, -0.05) is 12.1 Å². The van der Waals surface area contributed by atoms with Crippen LogP contribution < -0.4 is 0 Å². The molecule has 106 valence electrons. The lowest BCUT2D eigenvalue weighted by Crippen LogP contribution is -2.26. The molecule has 1 aromatic carbocycles. The highest BCUT2D eigenvalue weighted by Gasteiger charge is 2.13. The molecule has 0 saturated carbocycles. The maximum absolute atomic E-state index is 12.4. The van der Waals surface area contributed by atoms with E-state index in [1.807, 2.05) is 31.3 Å². The summed E-state index contributed by atoms with van der Waals surface area (Å²) in [5.74, 6) is 0.0433. The number of aryl methyl sites for hydroxylation is 1. The zero-order valence-electron chi connectivity index (χ0n) is 12.1. The fourth-order valence-corrected chi connectivity index (χ4v) is 2.94.